The first kappa shape index (κ1) is 13.5. The van der Waals surface area contributed by atoms with E-state index in [1.165, 1.54) is 0 Å². The fraction of sp³-hybridized carbons (Fsp3) is 0.917. The molecule has 4 N–H and O–H groups in total. The lowest BCUT2D eigenvalue weighted by atomic mass is 9.97. The van der Waals surface area contributed by atoms with Gasteiger partial charge in [0.2, 0.25) is 5.91 Å². The molecule has 1 saturated carbocycles. The average molecular weight is 228 g/mol. The Morgan fingerprint density at radius 3 is 2.50 bits per heavy atom. The van der Waals surface area contributed by atoms with Gasteiger partial charge >= 0.3 is 0 Å². The Hall–Kier alpha value is -0.610. The van der Waals surface area contributed by atoms with Gasteiger partial charge in [-0.1, -0.05) is 19.8 Å². The average Bonchev–Trinajstić information content (AvgIpc) is 2.62. The van der Waals surface area contributed by atoms with Gasteiger partial charge in [0.05, 0.1) is 11.6 Å². The van der Waals surface area contributed by atoms with Crippen molar-refractivity contribution in [2.24, 2.45) is 11.7 Å². The number of amides is 1. The quantitative estimate of drug-likeness (QED) is 0.651. The Balaban J connectivity index is 2.29. The molecule has 0 heterocycles. The predicted octanol–water partition coefficient (Wildman–Crippen LogP) is 0.781. The van der Waals surface area contributed by atoms with Crippen molar-refractivity contribution in [3.63, 3.8) is 0 Å². The third-order valence-electron chi connectivity index (χ3n) is 3.30. The summed E-state index contributed by atoms with van der Waals surface area (Å²) < 4.78 is 0. The first-order chi connectivity index (χ1) is 7.44. The van der Waals surface area contributed by atoms with Crippen LogP contribution in [0.3, 0.4) is 0 Å². The van der Waals surface area contributed by atoms with Gasteiger partial charge in [-0.05, 0) is 32.1 Å². The minimum atomic E-state index is -0.634. The number of aliphatic hydroxyl groups excluding tert-OH is 1. The molecule has 0 aliphatic heterocycles. The molecule has 1 fully saturated rings. The van der Waals surface area contributed by atoms with Gasteiger partial charge < -0.3 is 16.2 Å². The molecule has 4 nitrogen and oxygen atoms in total. The Morgan fingerprint density at radius 2 is 2.00 bits per heavy atom. The second-order valence-corrected chi connectivity index (χ2v) is 5.26. The number of hydrogen-bond donors (Lipinski definition) is 3. The fourth-order valence-corrected chi connectivity index (χ4v) is 2.34. The van der Waals surface area contributed by atoms with E-state index in [0.29, 0.717) is 13.0 Å². The molecule has 2 unspecified atom stereocenters. The van der Waals surface area contributed by atoms with Crippen LogP contribution in [0.1, 0.15) is 46.0 Å². The van der Waals surface area contributed by atoms with Crippen molar-refractivity contribution in [2.75, 3.05) is 6.54 Å². The first-order valence-corrected chi connectivity index (χ1v) is 6.19. The highest BCUT2D eigenvalue weighted by Gasteiger charge is 2.36. The number of rotatable bonds is 5. The zero-order valence-electron chi connectivity index (χ0n) is 10.3. The first-order valence-electron chi connectivity index (χ1n) is 6.19. The molecule has 4 heteroatoms. The van der Waals surface area contributed by atoms with Gasteiger partial charge in [0.1, 0.15) is 0 Å². The lowest BCUT2D eigenvalue weighted by Crippen LogP contribution is -2.52. The molecule has 0 aromatic heterocycles. The van der Waals surface area contributed by atoms with E-state index in [9.17, 15) is 9.90 Å². The second kappa shape index (κ2) is 5.64. The fourth-order valence-electron chi connectivity index (χ4n) is 2.34. The molecule has 0 spiro atoms. The molecule has 0 aromatic rings. The van der Waals surface area contributed by atoms with E-state index in [-0.39, 0.29) is 17.9 Å². The monoisotopic (exact) mass is 228 g/mol. The van der Waals surface area contributed by atoms with Gasteiger partial charge in [-0.15, -0.1) is 0 Å². The minimum Gasteiger partial charge on any atom is -0.393 e. The molecule has 1 rings (SSSR count). The summed E-state index contributed by atoms with van der Waals surface area (Å²) in [6.07, 6.45) is 4.08. The van der Waals surface area contributed by atoms with Crippen molar-refractivity contribution in [3.05, 3.63) is 0 Å². The van der Waals surface area contributed by atoms with Gasteiger partial charge in [-0.25, -0.2) is 0 Å². The van der Waals surface area contributed by atoms with Crippen LogP contribution in [0.15, 0.2) is 0 Å². The van der Waals surface area contributed by atoms with Crippen LogP contribution in [0.4, 0.5) is 0 Å². The topological polar surface area (TPSA) is 75.3 Å². The molecule has 16 heavy (non-hydrogen) atoms. The lowest BCUT2D eigenvalue weighted by molar-refractivity contribution is -0.126. The van der Waals surface area contributed by atoms with Crippen LogP contribution < -0.4 is 11.1 Å². The highest BCUT2D eigenvalue weighted by atomic mass is 16.3. The molecule has 0 radical (unpaired) electrons. The molecule has 0 aromatic carbocycles. The van der Waals surface area contributed by atoms with Gasteiger partial charge in [0.25, 0.3) is 0 Å². The Morgan fingerprint density at radius 1 is 1.44 bits per heavy atom. The molecule has 1 amide bonds. The van der Waals surface area contributed by atoms with Crippen LogP contribution in [0.5, 0.6) is 0 Å². The maximum atomic E-state index is 11.9. The lowest BCUT2D eigenvalue weighted by Gasteiger charge is -2.23. The van der Waals surface area contributed by atoms with Gasteiger partial charge in [0, 0.05) is 6.54 Å². The zero-order valence-corrected chi connectivity index (χ0v) is 10.3. The summed E-state index contributed by atoms with van der Waals surface area (Å²) in [6, 6.07) is 0. The third kappa shape index (κ3) is 3.76. The zero-order chi connectivity index (χ0) is 12.2. The van der Waals surface area contributed by atoms with E-state index >= 15 is 0 Å². The summed E-state index contributed by atoms with van der Waals surface area (Å²) in [5, 5.41) is 12.1. The molecular weight excluding hydrogens is 204 g/mol. The highest BCUT2D eigenvalue weighted by molar-refractivity contribution is 5.86. The molecule has 1 aliphatic carbocycles. The van der Waals surface area contributed by atoms with Crippen molar-refractivity contribution in [2.45, 2.75) is 57.6 Å². The summed E-state index contributed by atoms with van der Waals surface area (Å²) in [7, 11) is 0. The third-order valence-corrected chi connectivity index (χ3v) is 3.30. The van der Waals surface area contributed by atoms with Gasteiger partial charge in [-0.3, -0.25) is 4.79 Å². The van der Waals surface area contributed by atoms with Crippen molar-refractivity contribution >= 4 is 5.91 Å². The number of nitrogens with two attached hydrogens (primary N) is 1. The van der Waals surface area contributed by atoms with Crippen LogP contribution >= 0.6 is 0 Å². The Bertz CT molecular complexity index is 235. The van der Waals surface area contributed by atoms with Crippen molar-refractivity contribution in [3.8, 4) is 0 Å². The standard InChI is InChI=1S/C12H24N2O2/c1-9(7-10(2)15)8-14-11(16)12(13)5-3-4-6-12/h9-10,15H,3-8,13H2,1-2H3,(H,14,16). The Labute approximate surface area is 97.6 Å². The number of nitrogens with one attached hydrogen (secondary N) is 1. The van der Waals surface area contributed by atoms with E-state index in [1.807, 2.05) is 6.92 Å². The van der Waals surface area contributed by atoms with E-state index in [0.717, 1.165) is 25.7 Å². The molecular formula is C12H24N2O2. The maximum absolute atomic E-state index is 11.9. The van der Waals surface area contributed by atoms with E-state index in [2.05, 4.69) is 5.32 Å². The van der Waals surface area contributed by atoms with Gasteiger partial charge in [-0.2, -0.15) is 0 Å². The number of aliphatic hydroxyl groups is 1. The summed E-state index contributed by atoms with van der Waals surface area (Å²) in [5.41, 5.74) is 5.39. The Kier molecular flexibility index (Phi) is 4.74. The van der Waals surface area contributed by atoms with E-state index in [1.54, 1.807) is 6.92 Å². The highest BCUT2D eigenvalue weighted by Crippen LogP contribution is 2.27. The number of carbonyl (C=O) groups excluding carboxylic acids is 1. The predicted molar refractivity (Wildman–Crippen MR) is 63.9 cm³/mol. The SMILES string of the molecule is CC(O)CC(C)CNC(=O)C1(N)CCCC1. The van der Waals surface area contributed by atoms with Gasteiger partial charge in [0.15, 0.2) is 0 Å². The maximum Gasteiger partial charge on any atom is 0.240 e. The summed E-state index contributed by atoms with van der Waals surface area (Å²) >= 11 is 0. The minimum absolute atomic E-state index is 0.0255. The normalized spacial score (nSPS) is 22.8. The van der Waals surface area contributed by atoms with Crippen LogP contribution in [-0.4, -0.2) is 29.2 Å². The van der Waals surface area contributed by atoms with Crippen molar-refractivity contribution in [1.29, 1.82) is 0 Å². The van der Waals surface area contributed by atoms with Crippen LogP contribution in [0, 0.1) is 5.92 Å². The van der Waals surface area contributed by atoms with E-state index in [4.69, 9.17) is 5.73 Å². The second-order valence-electron chi connectivity index (χ2n) is 5.26. The van der Waals surface area contributed by atoms with Crippen molar-refractivity contribution in [1.82, 2.24) is 5.32 Å². The molecule has 0 bridgehead atoms. The summed E-state index contributed by atoms with van der Waals surface area (Å²) in [6.45, 7) is 4.38. The number of hydrogen-bond acceptors (Lipinski definition) is 3. The summed E-state index contributed by atoms with van der Waals surface area (Å²) in [4.78, 5) is 11.9. The molecule has 94 valence electrons. The van der Waals surface area contributed by atoms with Crippen LogP contribution in [0.2, 0.25) is 0 Å². The van der Waals surface area contributed by atoms with E-state index < -0.39 is 5.54 Å². The van der Waals surface area contributed by atoms with Crippen LogP contribution in [-0.2, 0) is 4.79 Å². The molecule has 2 atom stereocenters. The smallest absolute Gasteiger partial charge is 0.240 e. The summed E-state index contributed by atoms with van der Waals surface area (Å²) in [5.74, 6) is 0.261. The molecule has 0 saturated heterocycles. The largest absolute Gasteiger partial charge is 0.393 e. The molecule has 1 aliphatic rings. The van der Waals surface area contributed by atoms with Crippen LogP contribution in [0.25, 0.3) is 0 Å². The van der Waals surface area contributed by atoms with Crippen molar-refractivity contribution < 1.29 is 9.90 Å². The number of carbonyl (C=O) groups is 1.